The molecule has 0 bridgehead atoms. The Bertz CT molecular complexity index is 728. The fourth-order valence-electron chi connectivity index (χ4n) is 3.00. The van der Waals surface area contributed by atoms with Crippen LogP contribution in [0.3, 0.4) is 0 Å². The van der Waals surface area contributed by atoms with E-state index in [0.29, 0.717) is 25.7 Å². The molecule has 6 nitrogen and oxygen atoms in total. The molecule has 0 aliphatic heterocycles. The summed E-state index contributed by atoms with van der Waals surface area (Å²) in [5.41, 5.74) is -0.307. The molecule has 1 aromatic rings. The molecule has 1 aromatic carbocycles. The van der Waals surface area contributed by atoms with Gasteiger partial charge in [0.05, 0.1) is 9.82 Å². The third-order valence-corrected chi connectivity index (χ3v) is 5.77. The van der Waals surface area contributed by atoms with Gasteiger partial charge in [-0.2, -0.15) is 17.9 Å². The van der Waals surface area contributed by atoms with Gasteiger partial charge in [-0.3, -0.25) is 10.1 Å². The van der Waals surface area contributed by atoms with Crippen molar-refractivity contribution in [2.75, 3.05) is 0 Å². The van der Waals surface area contributed by atoms with Crippen molar-refractivity contribution in [2.45, 2.75) is 49.7 Å². The number of non-ortho nitro benzene ring substituents is 1. The van der Waals surface area contributed by atoms with Crippen LogP contribution in [0.4, 0.5) is 18.9 Å². The van der Waals surface area contributed by atoms with Crippen molar-refractivity contribution < 1.29 is 26.5 Å². The second-order valence-corrected chi connectivity index (χ2v) is 7.57. The number of benzene rings is 1. The van der Waals surface area contributed by atoms with Gasteiger partial charge >= 0.3 is 6.18 Å². The summed E-state index contributed by atoms with van der Waals surface area (Å²) in [5.74, 6) is -0.793. The number of halogens is 3. The molecular formula is C14H17F3N2O4S. The van der Waals surface area contributed by atoms with Crippen LogP contribution in [0.5, 0.6) is 0 Å². The lowest BCUT2D eigenvalue weighted by molar-refractivity contribution is -0.385. The van der Waals surface area contributed by atoms with E-state index in [9.17, 15) is 31.7 Å². The summed E-state index contributed by atoms with van der Waals surface area (Å²) < 4.78 is 66.3. The summed E-state index contributed by atoms with van der Waals surface area (Å²) in [4.78, 5) is 9.60. The number of nitrogens with one attached hydrogen (secondary N) is 1. The molecule has 1 unspecified atom stereocenters. The molecule has 0 radical (unpaired) electrons. The highest BCUT2D eigenvalue weighted by Gasteiger charge is 2.47. The van der Waals surface area contributed by atoms with Crippen LogP contribution in [0.1, 0.15) is 31.2 Å². The Morgan fingerprint density at radius 3 is 2.33 bits per heavy atom. The third kappa shape index (κ3) is 4.04. The van der Waals surface area contributed by atoms with Crippen LogP contribution in [0.25, 0.3) is 0 Å². The lowest BCUT2D eigenvalue weighted by Crippen LogP contribution is -2.49. The quantitative estimate of drug-likeness (QED) is 0.640. The van der Waals surface area contributed by atoms with Gasteiger partial charge in [0.25, 0.3) is 5.69 Å². The van der Waals surface area contributed by atoms with Gasteiger partial charge in [-0.15, -0.1) is 0 Å². The van der Waals surface area contributed by atoms with Crippen molar-refractivity contribution in [3.8, 4) is 0 Å². The normalized spacial score (nSPS) is 17.8. The first-order valence-corrected chi connectivity index (χ1v) is 8.85. The predicted molar refractivity (Wildman–Crippen MR) is 80.0 cm³/mol. The number of aryl methyl sites for hydroxylation is 1. The first kappa shape index (κ1) is 18.7. The number of alkyl halides is 3. The van der Waals surface area contributed by atoms with E-state index in [0.717, 1.165) is 18.2 Å². The highest BCUT2D eigenvalue weighted by atomic mass is 32.2. The molecule has 10 heteroatoms. The molecule has 24 heavy (non-hydrogen) atoms. The average molecular weight is 366 g/mol. The molecule has 1 fully saturated rings. The molecule has 0 saturated heterocycles. The lowest BCUT2D eigenvalue weighted by atomic mass is 9.99. The minimum absolute atomic E-state index is 0.0176. The monoisotopic (exact) mass is 366 g/mol. The second kappa shape index (κ2) is 6.67. The van der Waals surface area contributed by atoms with Crippen LogP contribution >= 0.6 is 0 Å². The summed E-state index contributed by atoms with van der Waals surface area (Å²) in [6.07, 6.45) is -2.81. The SMILES string of the molecule is Cc1cc([N+](=O)[O-])ccc1S(=O)(=O)NC(C1CCCC1)C(F)(F)F. The number of nitro benzene ring substituents is 1. The highest BCUT2D eigenvalue weighted by Crippen LogP contribution is 2.36. The lowest BCUT2D eigenvalue weighted by Gasteiger charge is -2.27. The average Bonchev–Trinajstić information content (AvgIpc) is 2.96. The number of sulfonamides is 1. The van der Waals surface area contributed by atoms with Crippen LogP contribution in [0, 0.1) is 23.0 Å². The van der Waals surface area contributed by atoms with Gasteiger partial charge in [0.2, 0.25) is 10.0 Å². The Morgan fingerprint density at radius 1 is 1.29 bits per heavy atom. The van der Waals surface area contributed by atoms with Crippen molar-refractivity contribution in [3.63, 3.8) is 0 Å². The van der Waals surface area contributed by atoms with E-state index in [2.05, 4.69) is 0 Å². The molecule has 1 aliphatic carbocycles. The number of hydrogen-bond acceptors (Lipinski definition) is 4. The number of nitro groups is 1. The van der Waals surface area contributed by atoms with Crippen LogP contribution in [-0.4, -0.2) is 25.6 Å². The van der Waals surface area contributed by atoms with Gasteiger partial charge in [-0.1, -0.05) is 12.8 Å². The molecule has 134 valence electrons. The zero-order valence-electron chi connectivity index (χ0n) is 12.8. The van der Waals surface area contributed by atoms with Gasteiger partial charge in [-0.25, -0.2) is 8.42 Å². The minimum Gasteiger partial charge on any atom is -0.258 e. The van der Waals surface area contributed by atoms with E-state index in [-0.39, 0.29) is 16.1 Å². The fourth-order valence-corrected chi connectivity index (χ4v) is 4.52. The molecule has 1 saturated carbocycles. The second-order valence-electron chi connectivity index (χ2n) is 5.89. The number of hydrogen-bond donors (Lipinski definition) is 1. The van der Waals surface area contributed by atoms with Crippen LogP contribution in [0.2, 0.25) is 0 Å². The molecule has 0 aromatic heterocycles. The topological polar surface area (TPSA) is 89.3 Å². The Balaban J connectivity index is 2.33. The Labute approximate surface area is 137 Å². The largest absolute Gasteiger partial charge is 0.405 e. The van der Waals surface area contributed by atoms with Crippen LogP contribution < -0.4 is 4.72 Å². The van der Waals surface area contributed by atoms with Gasteiger partial charge in [-0.05, 0) is 37.3 Å². The maximum absolute atomic E-state index is 13.3. The molecule has 0 spiro atoms. The summed E-state index contributed by atoms with van der Waals surface area (Å²) >= 11 is 0. The van der Waals surface area contributed by atoms with Crippen LogP contribution in [-0.2, 0) is 10.0 Å². The van der Waals surface area contributed by atoms with Crippen molar-refractivity contribution in [1.29, 1.82) is 0 Å². The summed E-state index contributed by atoms with van der Waals surface area (Å²) in [6.45, 7) is 1.31. The van der Waals surface area contributed by atoms with E-state index in [1.807, 2.05) is 0 Å². The van der Waals surface area contributed by atoms with Gasteiger partial charge in [0.15, 0.2) is 0 Å². The number of rotatable bonds is 5. The molecular weight excluding hydrogens is 349 g/mol. The molecule has 1 aliphatic rings. The third-order valence-electron chi connectivity index (χ3n) is 4.16. The molecule has 0 heterocycles. The van der Waals surface area contributed by atoms with Crippen molar-refractivity contribution in [3.05, 3.63) is 33.9 Å². The predicted octanol–water partition coefficient (Wildman–Crippen LogP) is 3.30. The molecule has 2 rings (SSSR count). The maximum Gasteiger partial charge on any atom is 0.405 e. The van der Waals surface area contributed by atoms with E-state index in [4.69, 9.17) is 0 Å². The standard InChI is InChI=1S/C14H17F3N2O4S/c1-9-8-11(19(20)21)6-7-12(9)24(22,23)18-13(14(15,16)17)10-4-2-3-5-10/h6-8,10,13,18H,2-5H2,1H3. The smallest absolute Gasteiger partial charge is 0.258 e. The fraction of sp³-hybridized carbons (Fsp3) is 0.571. The van der Waals surface area contributed by atoms with Gasteiger partial charge < -0.3 is 0 Å². The number of nitrogens with zero attached hydrogens (tertiary/aromatic N) is 1. The molecule has 1 N–H and O–H groups in total. The van der Waals surface area contributed by atoms with E-state index in [1.165, 1.54) is 6.92 Å². The Morgan fingerprint density at radius 2 is 1.88 bits per heavy atom. The maximum atomic E-state index is 13.3. The van der Waals surface area contributed by atoms with E-state index >= 15 is 0 Å². The first-order chi connectivity index (χ1) is 11.0. The van der Waals surface area contributed by atoms with Crippen molar-refractivity contribution in [2.24, 2.45) is 5.92 Å². The Kier molecular flexibility index (Phi) is 5.19. The van der Waals surface area contributed by atoms with E-state index < -0.39 is 33.1 Å². The van der Waals surface area contributed by atoms with Gasteiger partial charge in [0.1, 0.15) is 6.04 Å². The molecule has 1 atom stereocenters. The van der Waals surface area contributed by atoms with Crippen LogP contribution in [0.15, 0.2) is 23.1 Å². The first-order valence-electron chi connectivity index (χ1n) is 7.36. The highest BCUT2D eigenvalue weighted by molar-refractivity contribution is 7.89. The minimum atomic E-state index is -4.70. The van der Waals surface area contributed by atoms with E-state index in [1.54, 1.807) is 4.72 Å². The van der Waals surface area contributed by atoms with Crippen molar-refractivity contribution in [1.82, 2.24) is 4.72 Å². The molecule has 0 amide bonds. The van der Waals surface area contributed by atoms with Crippen molar-refractivity contribution >= 4 is 15.7 Å². The summed E-state index contributed by atoms with van der Waals surface area (Å²) in [6, 6.07) is 0.782. The summed E-state index contributed by atoms with van der Waals surface area (Å²) in [5, 5.41) is 10.7. The summed E-state index contributed by atoms with van der Waals surface area (Å²) in [7, 11) is -4.45. The van der Waals surface area contributed by atoms with Gasteiger partial charge in [0, 0.05) is 12.1 Å². The zero-order chi connectivity index (χ0) is 18.1. The zero-order valence-corrected chi connectivity index (χ0v) is 13.7. The Hall–Kier alpha value is -1.68.